The van der Waals surface area contributed by atoms with Crippen molar-refractivity contribution in [2.45, 2.75) is 25.3 Å². The maximum Gasteiger partial charge on any atom is 0.292 e. The van der Waals surface area contributed by atoms with E-state index in [1.165, 1.54) is 12.0 Å². The molecule has 0 spiro atoms. The summed E-state index contributed by atoms with van der Waals surface area (Å²) in [5, 5.41) is 7.80. The molecule has 1 aromatic carbocycles. The smallest absolute Gasteiger partial charge is 0.292 e. The fourth-order valence-electron chi connectivity index (χ4n) is 4.02. The first-order chi connectivity index (χ1) is 16.3. The predicted octanol–water partition coefficient (Wildman–Crippen LogP) is 4.13. The Labute approximate surface area is 204 Å². The van der Waals surface area contributed by atoms with Gasteiger partial charge in [-0.2, -0.15) is 10.1 Å². The van der Waals surface area contributed by atoms with Crippen LogP contribution in [0.2, 0.25) is 5.02 Å². The molecule has 1 amide bonds. The van der Waals surface area contributed by atoms with Crippen LogP contribution in [0.25, 0.3) is 11.1 Å². The van der Waals surface area contributed by atoms with Gasteiger partial charge in [0.1, 0.15) is 6.26 Å². The number of likely N-dealkylation sites (tertiary alicyclic amines) is 1. The number of nitrogen functional groups attached to an aromatic ring is 1. The SMILES string of the molecule is C=C(CCN(C)C)N1CCC(n2cc(-c3ccc(Cl)c(NC(=O)c4coc(N)n4)c3)cn2)CC1. The quantitative estimate of drug-likeness (QED) is 0.496. The summed E-state index contributed by atoms with van der Waals surface area (Å²) in [5.41, 5.74) is 9.07. The molecular weight excluding hydrogens is 454 g/mol. The molecule has 1 aliphatic heterocycles. The molecule has 1 saturated heterocycles. The Morgan fingerprint density at radius 1 is 1.32 bits per heavy atom. The number of benzene rings is 1. The van der Waals surface area contributed by atoms with Crippen molar-refractivity contribution in [3.8, 4) is 11.1 Å². The summed E-state index contributed by atoms with van der Waals surface area (Å²) >= 11 is 6.31. The molecule has 4 rings (SSSR count). The number of rotatable bonds is 8. The van der Waals surface area contributed by atoms with E-state index in [2.05, 4.69) is 45.9 Å². The van der Waals surface area contributed by atoms with E-state index in [1.807, 2.05) is 29.2 Å². The van der Waals surface area contributed by atoms with Gasteiger partial charge in [-0.3, -0.25) is 9.48 Å². The van der Waals surface area contributed by atoms with Gasteiger partial charge in [0.15, 0.2) is 5.69 Å². The number of hydrogen-bond donors (Lipinski definition) is 2. The van der Waals surface area contributed by atoms with Crippen molar-refractivity contribution in [1.82, 2.24) is 24.6 Å². The first kappa shape index (κ1) is 23.8. The van der Waals surface area contributed by atoms with Crippen LogP contribution in [0.5, 0.6) is 0 Å². The topological polar surface area (TPSA) is 105 Å². The number of carbonyl (C=O) groups is 1. The van der Waals surface area contributed by atoms with Gasteiger partial charge in [0.2, 0.25) is 0 Å². The van der Waals surface area contributed by atoms with Gasteiger partial charge in [0.05, 0.1) is 22.9 Å². The summed E-state index contributed by atoms with van der Waals surface area (Å²) in [5.74, 6) is -0.450. The average Bonchev–Trinajstić information content (AvgIpc) is 3.48. The lowest BCUT2D eigenvalue weighted by Gasteiger charge is -2.35. The molecule has 3 N–H and O–H groups in total. The van der Waals surface area contributed by atoms with E-state index in [0.717, 1.165) is 50.0 Å². The van der Waals surface area contributed by atoms with Gasteiger partial charge in [0, 0.05) is 37.1 Å². The Morgan fingerprint density at radius 2 is 2.09 bits per heavy atom. The number of piperidine rings is 1. The maximum atomic E-state index is 12.4. The molecule has 0 atom stereocenters. The fourth-order valence-corrected chi connectivity index (χ4v) is 4.19. The normalized spacial score (nSPS) is 14.5. The third kappa shape index (κ3) is 5.60. The lowest BCUT2D eigenvalue weighted by Crippen LogP contribution is -2.34. The molecule has 0 saturated carbocycles. The zero-order valence-corrected chi connectivity index (χ0v) is 20.3. The van der Waals surface area contributed by atoms with Crippen LogP contribution in [-0.2, 0) is 0 Å². The highest BCUT2D eigenvalue weighted by molar-refractivity contribution is 6.34. The molecule has 0 unspecified atom stereocenters. The van der Waals surface area contributed by atoms with Crippen LogP contribution in [0.3, 0.4) is 0 Å². The molecule has 1 fully saturated rings. The molecule has 0 bridgehead atoms. The van der Waals surface area contributed by atoms with Crippen molar-refractivity contribution in [1.29, 1.82) is 0 Å². The molecule has 0 aliphatic carbocycles. The summed E-state index contributed by atoms with van der Waals surface area (Å²) in [6.07, 6.45) is 8.12. The number of nitrogens with zero attached hydrogens (tertiary/aromatic N) is 5. The molecule has 3 aromatic rings. The van der Waals surface area contributed by atoms with Crippen LogP contribution in [0.1, 0.15) is 35.8 Å². The third-order valence-corrected chi connectivity index (χ3v) is 6.37. The van der Waals surface area contributed by atoms with E-state index in [4.69, 9.17) is 21.8 Å². The van der Waals surface area contributed by atoms with Gasteiger partial charge in [-0.25, -0.2) is 0 Å². The third-order valence-electron chi connectivity index (χ3n) is 6.04. The van der Waals surface area contributed by atoms with Gasteiger partial charge in [-0.1, -0.05) is 24.2 Å². The van der Waals surface area contributed by atoms with E-state index in [0.29, 0.717) is 16.8 Å². The number of oxazole rings is 1. The summed E-state index contributed by atoms with van der Waals surface area (Å²) in [6.45, 7) is 7.24. The van der Waals surface area contributed by atoms with E-state index >= 15 is 0 Å². The molecule has 34 heavy (non-hydrogen) atoms. The molecule has 9 nitrogen and oxygen atoms in total. The van der Waals surface area contributed by atoms with Crippen LogP contribution in [-0.4, -0.2) is 64.2 Å². The standard InChI is InChI=1S/C24H30ClN7O2/c1-16(6-9-30(2)3)31-10-7-19(8-11-31)32-14-18(13-27-32)17-4-5-20(25)21(12-17)28-23(33)22-15-34-24(26)29-22/h4-5,12-15,19H,1,6-11H2,2-3H3,(H2,26,29)(H,28,33). The first-order valence-electron chi connectivity index (χ1n) is 11.2. The molecule has 10 heteroatoms. The molecule has 1 aliphatic rings. The Balaban J connectivity index is 1.40. The molecule has 0 radical (unpaired) electrons. The van der Waals surface area contributed by atoms with Crippen molar-refractivity contribution in [2.75, 3.05) is 44.8 Å². The van der Waals surface area contributed by atoms with Gasteiger partial charge in [-0.15, -0.1) is 0 Å². The highest BCUT2D eigenvalue weighted by Gasteiger charge is 2.22. The Bertz CT molecular complexity index is 1160. The highest BCUT2D eigenvalue weighted by Crippen LogP contribution is 2.31. The van der Waals surface area contributed by atoms with Gasteiger partial charge < -0.3 is 25.3 Å². The van der Waals surface area contributed by atoms with Crippen LogP contribution >= 0.6 is 11.6 Å². The minimum Gasteiger partial charge on any atom is -0.431 e. The number of amides is 1. The van der Waals surface area contributed by atoms with E-state index in [-0.39, 0.29) is 11.7 Å². The number of halogens is 1. The second-order valence-corrected chi connectivity index (χ2v) is 9.17. The molecule has 2 aromatic heterocycles. The summed E-state index contributed by atoms with van der Waals surface area (Å²) in [4.78, 5) is 20.8. The second-order valence-electron chi connectivity index (χ2n) is 8.77. The average molecular weight is 484 g/mol. The Hall–Kier alpha value is -3.30. The number of hydrogen-bond acceptors (Lipinski definition) is 7. The first-order valence-corrected chi connectivity index (χ1v) is 11.6. The van der Waals surface area contributed by atoms with Crippen LogP contribution in [0, 0.1) is 0 Å². The number of nitrogens with two attached hydrogens (primary N) is 1. The van der Waals surface area contributed by atoms with Crippen molar-refractivity contribution in [3.05, 3.63) is 59.8 Å². The van der Waals surface area contributed by atoms with E-state index < -0.39 is 5.91 Å². The largest absolute Gasteiger partial charge is 0.431 e. The summed E-state index contributed by atoms with van der Waals surface area (Å²) in [6, 6.07) is 5.75. The summed E-state index contributed by atoms with van der Waals surface area (Å²) in [7, 11) is 4.17. The lowest BCUT2D eigenvalue weighted by atomic mass is 10.0. The highest BCUT2D eigenvalue weighted by atomic mass is 35.5. The zero-order chi connectivity index (χ0) is 24.2. The molecular formula is C24H30ClN7O2. The second kappa shape index (κ2) is 10.3. The van der Waals surface area contributed by atoms with Crippen LogP contribution in [0.15, 0.2) is 53.5 Å². The molecule has 3 heterocycles. The monoisotopic (exact) mass is 483 g/mol. The Morgan fingerprint density at radius 3 is 2.76 bits per heavy atom. The number of anilines is 2. The van der Waals surface area contributed by atoms with Crippen molar-refractivity contribution >= 4 is 29.2 Å². The van der Waals surface area contributed by atoms with Gasteiger partial charge in [0.25, 0.3) is 11.9 Å². The van der Waals surface area contributed by atoms with Crippen molar-refractivity contribution in [2.24, 2.45) is 0 Å². The van der Waals surface area contributed by atoms with Crippen molar-refractivity contribution in [3.63, 3.8) is 0 Å². The van der Waals surface area contributed by atoms with Crippen LogP contribution in [0.4, 0.5) is 11.7 Å². The van der Waals surface area contributed by atoms with E-state index in [9.17, 15) is 4.79 Å². The van der Waals surface area contributed by atoms with Crippen LogP contribution < -0.4 is 11.1 Å². The fraction of sp³-hybridized carbons (Fsp3) is 0.375. The minimum absolute atomic E-state index is 0.0684. The van der Waals surface area contributed by atoms with Crippen molar-refractivity contribution < 1.29 is 9.21 Å². The Kier molecular flexibility index (Phi) is 7.23. The van der Waals surface area contributed by atoms with E-state index in [1.54, 1.807) is 6.07 Å². The zero-order valence-electron chi connectivity index (χ0n) is 19.5. The molecule has 180 valence electrons. The number of nitrogens with one attached hydrogen (secondary N) is 1. The predicted molar refractivity (Wildman–Crippen MR) is 134 cm³/mol. The van der Waals surface area contributed by atoms with Gasteiger partial charge in [-0.05, 0) is 51.1 Å². The number of aromatic nitrogens is 3. The lowest BCUT2D eigenvalue weighted by molar-refractivity contribution is 0.102. The maximum absolute atomic E-state index is 12.4. The van der Waals surface area contributed by atoms with Gasteiger partial charge >= 0.3 is 0 Å². The minimum atomic E-state index is -0.450. The summed E-state index contributed by atoms with van der Waals surface area (Å²) < 4.78 is 6.94. The number of carbonyl (C=O) groups excluding carboxylic acids is 1.